The van der Waals surface area contributed by atoms with Crippen molar-refractivity contribution in [1.82, 2.24) is 9.55 Å². The molecule has 1 aromatic carbocycles. The zero-order valence-electron chi connectivity index (χ0n) is 11.6. The van der Waals surface area contributed by atoms with Crippen molar-refractivity contribution < 1.29 is 0 Å². The summed E-state index contributed by atoms with van der Waals surface area (Å²) in [4.78, 5) is 16.3. The van der Waals surface area contributed by atoms with Crippen LogP contribution in [0, 0.1) is 0 Å². The molecule has 21 heavy (non-hydrogen) atoms. The summed E-state index contributed by atoms with van der Waals surface area (Å²) < 4.78 is 1.70. The fourth-order valence-electron chi connectivity index (χ4n) is 2.41. The average molecular weight is 303 g/mol. The standard InChI is InChI=1S/C15H15ClN4O/c1-10-2-7-13(15-17-9-8-14(21)20(10)15)19-18-12-5-3-11(16)4-6-12/h3-6,8-10,18H,2,7H2,1H3/b19-13+. The van der Waals surface area contributed by atoms with Gasteiger partial charge in [-0.25, -0.2) is 4.98 Å². The van der Waals surface area contributed by atoms with Gasteiger partial charge in [0.1, 0.15) is 5.71 Å². The molecule has 6 heteroatoms. The molecule has 1 aliphatic rings. The summed E-state index contributed by atoms with van der Waals surface area (Å²) in [5, 5.41) is 5.08. The number of anilines is 1. The van der Waals surface area contributed by atoms with Gasteiger partial charge in [-0.1, -0.05) is 11.6 Å². The molecule has 1 N–H and O–H groups in total. The van der Waals surface area contributed by atoms with Crippen LogP contribution in [0.5, 0.6) is 0 Å². The van der Waals surface area contributed by atoms with Gasteiger partial charge >= 0.3 is 0 Å². The summed E-state index contributed by atoms with van der Waals surface area (Å²) in [5.41, 5.74) is 4.59. The van der Waals surface area contributed by atoms with Gasteiger partial charge < -0.3 is 0 Å². The summed E-state index contributed by atoms with van der Waals surface area (Å²) in [7, 11) is 0. The molecule has 2 heterocycles. The van der Waals surface area contributed by atoms with E-state index < -0.39 is 0 Å². The summed E-state index contributed by atoms with van der Waals surface area (Å²) in [5.74, 6) is 0.641. The number of fused-ring (bicyclic) bond motifs is 1. The van der Waals surface area contributed by atoms with Gasteiger partial charge in [-0.05, 0) is 44.0 Å². The quantitative estimate of drug-likeness (QED) is 0.867. The Bertz CT molecular complexity index is 736. The molecular formula is C15H15ClN4O. The van der Waals surface area contributed by atoms with Crippen LogP contribution in [-0.2, 0) is 0 Å². The summed E-state index contributed by atoms with van der Waals surface area (Å²) in [6.07, 6.45) is 3.20. The van der Waals surface area contributed by atoms with Gasteiger partial charge in [0.15, 0.2) is 5.82 Å². The molecule has 0 spiro atoms. The normalized spacial score (nSPS) is 19.3. The number of hydrogen-bond acceptors (Lipinski definition) is 4. The van der Waals surface area contributed by atoms with Crippen molar-refractivity contribution >= 4 is 23.0 Å². The molecule has 1 aliphatic heterocycles. The highest BCUT2D eigenvalue weighted by Gasteiger charge is 2.22. The van der Waals surface area contributed by atoms with Crippen molar-refractivity contribution in [2.24, 2.45) is 5.10 Å². The molecule has 0 radical (unpaired) electrons. The largest absolute Gasteiger partial charge is 0.289 e. The number of halogens is 1. The van der Waals surface area contributed by atoms with Crippen LogP contribution in [0.2, 0.25) is 5.02 Å². The van der Waals surface area contributed by atoms with Crippen LogP contribution in [-0.4, -0.2) is 15.3 Å². The van der Waals surface area contributed by atoms with Crippen molar-refractivity contribution in [2.75, 3.05) is 5.43 Å². The number of aromatic nitrogens is 2. The van der Waals surface area contributed by atoms with E-state index in [2.05, 4.69) is 15.5 Å². The molecule has 1 atom stereocenters. The van der Waals surface area contributed by atoms with E-state index in [1.807, 2.05) is 19.1 Å². The van der Waals surface area contributed by atoms with Crippen LogP contribution in [0.3, 0.4) is 0 Å². The van der Waals surface area contributed by atoms with E-state index in [1.54, 1.807) is 16.7 Å². The van der Waals surface area contributed by atoms with Crippen LogP contribution in [0.1, 0.15) is 31.6 Å². The maximum absolute atomic E-state index is 12.0. The molecule has 0 bridgehead atoms. The van der Waals surface area contributed by atoms with Gasteiger partial charge in [0.2, 0.25) is 0 Å². The van der Waals surface area contributed by atoms with Gasteiger partial charge in [-0.15, -0.1) is 0 Å². The van der Waals surface area contributed by atoms with E-state index in [0.29, 0.717) is 10.8 Å². The van der Waals surface area contributed by atoms with Gasteiger partial charge in [0.05, 0.1) is 5.69 Å². The second kappa shape index (κ2) is 5.69. The zero-order valence-corrected chi connectivity index (χ0v) is 12.3. The monoisotopic (exact) mass is 302 g/mol. The minimum atomic E-state index is -0.0357. The minimum absolute atomic E-state index is 0.0357. The first kappa shape index (κ1) is 13.8. The van der Waals surface area contributed by atoms with Crippen LogP contribution >= 0.6 is 11.6 Å². The Kier molecular flexibility index (Phi) is 3.75. The molecule has 0 fully saturated rings. The summed E-state index contributed by atoms with van der Waals surface area (Å²) in [6, 6.07) is 8.92. The lowest BCUT2D eigenvalue weighted by molar-refractivity contribution is 0.471. The Labute approximate surface area is 127 Å². The molecule has 2 aromatic rings. The Morgan fingerprint density at radius 1 is 1.33 bits per heavy atom. The predicted octanol–water partition coefficient (Wildman–Crippen LogP) is 3.07. The lowest BCUT2D eigenvalue weighted by Gasteiger charge is -2.24. The number of rotatable bonds is 2. The molecule has 0 saturated carbocycles. The van der Waals surface area contributed by atoms with Crippen molar-refractivity contribution in [1.29, 1.82) is 0 Å². The Morgan fingerprint density at radius 2 is 2.10 bits per heavy atom. The van der Waals surface area contributed by atoms with Crippen LogP contribution < -0.4 is 11.0 Å². The SMILES string of the molecule is CC1CC/C(=N\Nc2ccc(Cl)cc2)c2nccc(=O)n21. The van der Waals surface area contributed by atoms with Gasteiger partial charge in [-0.3, -0.25) is 14.8 Å². The molecule has 0 amide bonds. The van der Waals surface area contributed by atoms with Crippen LogP contribution in [0.15, 0.2) is 46.4 Å². The molecule has 0 aliphatic carbocycles. The molecule has 1 aromatic heterocycles. The molecular weight excluding hydrogens is 288 g/mol. The van der Waals surface area contributed by atoms with E-state index in [0.717, 1.165) is 24.2 Å². The maximum atomic E-state index is 12.0. The Hall–Kier alpha value is -2.14. The minimum Gasteiger partial charge on any atom is -0.289 e. The lowest BCUT2D eigenvalue weighted by atomic mass is 10.0. The average Bonchev–Trinajstić information content (AvgIpc) is 2.48. The van der Waals surface area contributed by atoms with Crippen molar-refractivity contribution in [3.05, 3.63) is 57.7 Å². The smallest absolute Gasteiger partial charge is 0.253 e. The van der Waals surface area contributed by atoms with E-state index in [4.69, 9.17) is 11.6 Å². The molecule has 0 saturated heterocycles. The maximum Gasteiger partial charge on any atom is 0.253 e. The number of nitrogens with one attached hydrogen (secondary N) is 1. The van der Waals surface area contributed by atoms with E-state index in [9.17, 15) is 4.79 Å². The summed E-state index contributed by atoms with van der Waals surface area (Å²) >= 11 is 5.85. The number of hydrogen-bond donors (Lipinski definition) is 1. The number of hydrazone groups is 1. The third kappa shape index (κ3) is 2.83. The second-order valence-electron chi connectivity index (χ2n) is 5.04. The Balaban J connectivity index is 1.92. The highest BCUT2D eigenvalue weighted by Crippen LogP contribution is 2.21. The number of benzene rings is 1. The predicted molar refractivity (Wildman–Crippen MR) is 84.1 cm³/mol. The second-order valence-corrected chi connectivity index (χ2v) is 5.48. The first-order chi connectivity index (χ1) is 10.1. The highest BCUT2D eigenvalue weighted by molar-refractivity contribution is 6.30. The lowest BCUT2D eigenvalue weighted by Crippen LogP contribution is -2.33. The molecule has 1 unspecified atom stereocenters. The van der Waals surface area contributed by atoms with Crippen molar-refractivity contribution in [2.45, 2.75) is 25.8 Å². The molecule has 5 nitrogen and oxygen atoms in total. The first-order valence-corrected chi connectivity index (χ1v) is 7.19. The molecule has 3 rings (SSSR count). The first-order valence-electron chi connectivity index (χ1n) is 6.81. The van der Waals surface area contributed by atoms with Gasteiger partial charge in [0.25, 0.3) is 5.56 Å². The Morgan fingerprint density at radius 3 is 2.86 bits per heavy atom. The van der Waals surface area contributed by atoms with Gasteiger partial charge in [0, 0.05) is 23.3 Å². The molecule has 108 valence electrons. The highest BCUT2D eigenvalue weighted by atomic mass is 35.5. The van der Waals surface area contributed by atoms with E-state index in [-0.39, 0.29) is 11.6 Å². The number of nitrogens with zero attached hydrogens (tertiary/aromatic N) is 3. The van der Waals surface area contributed by atoms with E-state index >= 15 is 0 Å². The zero-order chi connectivity index (χ0) is 14.8. The topological polar surface area (TPSA) is 59.3 Å². The van der Waals surface area contributed by atoms with Crippen LogP contribution in [0.25, 0.3) is 0 Å². The third-order valence-corrected chi connectivity index (χ3v) is 3.79. The fourth-order valence-corrected chi connectivity index (χ4v) is 2.53. The van der Waals surface area contributed by atoms with Crippen molar-refractivity contribution in [3.8, 4) is 0 Å². The van der Waals surface area contributed by atoms with Crippen molar-refractivity contribution in [3.63, 3.8) is 0 Å². The van der Waals surface area contributed by atoms with Crippen LogP contribution in [0.4, 0.5) is 5.69 Å². The van der Waals surface area contributed by atoms with Gasteiger partial charge in [-0.2, -0.15) is 5.10 Å². The summed E-state index contributed by atoms with van der Waals surface area (Å²) in [6.45, 7) is 2.02. The fraction of sp³-hybridized carbons (Fsp3) is 0.267. The van der Waals surface area contributed by atoms with E-state index in [1.165, 1.54) is 12.3 Å². The third-order valence-electron chi connectivity index (χ3n) is 3.54.